The summed E-state index contributed by atoms with van der Waals surface area (Å²) in [5.41, 5.74) is 0.746. The van der Waals surface area contributed by atoms with Gasteiger partial charge >= 0.3 is 6.18 Å². The normalized spacial score (nSPS) is 12.4. The maximum Gasteiger partial charge on any atom is 0.416 e. The Morgan fingerprint density at radius 2 is 1.79 bits per heavy atom. The van der Waals surface area contributed by atoms with Crippen LogP contribution < -0.4 is 0 Å². The van der Waals surface area contributed by atoms with Crippen molar-refractivity contribution in [3.63, 3.8) is 0 Å². The van der Waals surface area contributed by atoms with Crippen LogP contribution in [0.15, 0.2) is 96.7 Å². The lowest BCUT2D eigenvalue weighted by Gasteiger charge is -2.22. The molecule has 0 fully saturated rings. The third-order valence-electron chi connectivity index (χ3n) is 5.42. The van der Waals surface area contributed by atoms with E-state index in [-0.39, 0.29) is 24.5 Å². The Hall–Kier alpha value is -3.43. The Bertz CT molecular complexity index is 1420. The van der Waals surface area contributed by atoms with E-state index >= 15 is 0 Å². The van der Waals surface area contributed by atoms with Gasteiger partial charge in [-0.05, 0) is 42.0 Å². The first-order valence-electron chi connectivity index (χ1n) is 10.4. The van der Waals surface area contributed by atoms with Gasteiger partial charge < -0.3 is 4.57 Å². The number of rotatable bonds is 8. The Labute approximate surface area is 195 Å². The minimum Gasteiger partial charge on any atom is -0.346 e. The van der Waals surface area contributed by atoms with Crippen LogP contribution in [0.25, 0.3) is 10.9 Å². The quantitative estimate of drug-likeness (QED) is 0.311. The first-order valence-corrected chi connectivity index (χ1v) is 11.9. The summed E-state index contributed by atoms with van der Waals surface area (Å²) in [7, 11) is -3.94. The highest BCUT2D eigenvalue weighted by molar-refractivity contribution is 7.89. The van der Waals surface area contributed by atoms with E-state index in [9.17, 15) is 21.6 Å². The molecule has 0 aliphatic rings. The van der Waals surface area contributed by atoms with Crippen molar-refractivity contribution in [1.82, 2.24) is 13.9 Å². The second-order valence-corrected chi connectivity index (χ2v) is 9.65. The average molecular weight is 486 g/mol. The summed E-state index contributed by atoms with van der Waals surface area (Å²) in [6, 6.07) is 17.1. The van der Waals surface area contributed by atoms with Gasteiger partial charge in [0.05, 0.1) is 17.6 Å². The van der Waals surface area contributed by atoms with E-state index in [0.29, 0.717) is 22.2 Å². The summed E-state index contributed by atoms with van der Waals surface area (Å²) in [5, 5.41) is 0.704. The summed E-state index contributed by atoms with van der Waals surface area (Å²) >= 11 is 0. The highest BCUT2D eigenvalue weighted by Gasteiger charge is 2.30. The molecule has 0 aliphatic carbocycles. The second kappa shape index (κ2) is 9.44. The van der Waals surface area contributed by atoms with Gasteiger partial charge in [-0.15, -0.1) is 6.58 Å². The predicted molar refractivity (Wildman–Crippen MR) is 125 cm³/mol. The summed E-state index contributed by atoms with van der Waals surface area (Å²) in [6.07, 6.45) is 0.320. The number of para-hydroxylation sites is 1. The van der Waals surface area contributed by atoms with Crippen LogP contribution in [-0.4, -0.2) is 28.8 Å². The van der Waals surface area contributed by atoms with Gasteiger partial charge in [-0.2, -0.15) is 17.5 Å². The van der Waals surface area contributed by atoms with Crippen molar-refractivity contribution in [3.8, 4) is 0 Å². The van der Waals surface area contributed by atoms with Gasteiger partial charge in [0, 0.05) is 36.6 Å². The van der Waals surface area contributed by atoms with E-state index in [2.05, 4.69) is 11.6 Å². The molecule has 9 heteroatoms. The van der Waals surface area contributed by atoms with E-state index in [0.717, 1.165) is 12.1 Å². The van der Waals surface area contributed by atoms with E-state index < -0.39 is 21.8 Å². The number of fused-ring (bicyclic) bond motifs is 1. The Morgan fingerprint density at radius 3 is 2.56 bits per heavy atom. The highest BCUT2D eigenvalue weighted by atomic mass is 32.2. The molecule has 0 spiro atoms. The maximum absolute atomic E-state index is 13.6. The van der Waals surface area contributed by atoms with Gasteiger partial charge in [0.1, 0.15) is 4.90 Å². The summed E-state index contributed by atoms with van der Waals surface area (Å²) < 4.78 is 69.5. The largest absolute Gasteiger partial charge is 0.416 e. The zero-order valence-corrected chi connectivity index (χ0v) is 18.9. The molecule has 0 radical (unpaired) electrons. The van der Waals surface area contributed by atoms with E-state index in [1.807, 2.05) is 0 Å². The standard InChI is InChI=1S/C25H22F3N3O2S/c1-2-14-31(34(32,33)23-12-4-8-20-9-5-13-29-24(20)23)18-22-11-6-15-30(22)17-19-7-3-10-21(16-19)25(26,27)28/h2-13,15-16H,1,14,17-18H2. The van der Waals surface area contributed by atoms with Crippen LogP contribution in [0.3, 0.4) is 0 Å². The van der Waals surface area contributed by atoms with Gasteiger partial charge in [0.15, 0.2) is 0 Å². The number of benzene rings is 2. The smallest absolute Gasteiger partial charge is 0.346 e. The van der Waals surface area contributed by atoms with Gasteiger partial charge in [0.2, 0.25) is 10.0 Å². The van der Waals surface area contributed by atoms with Gasteiger partial charge in [0.25, 0.3) is 0 Å². The molecule has 0 aliphatic heterocycles. The average Bonchev–Trinajstić information content (AvgIpc) is 3.24. The number of hydrogen-bond acceptors (Lipinski definition) is 3. The predicted octanol–water partition coefficient (Wildman–Crippen LogP) is 5.48. The third kappa shape index (κ3) is 4.90. The topological polar surface area (TPSA) is 55.2 Å². The lowest BCUT2D eigenvalue weighted by atomic mass is 10.1. The van der Waals surface area contributed by atoms with Crippen molar-refractivity contribution in [2.45, 2.75) is 24.2 Å². The Balaban J connectivity index is 1.65. The van der Waals surface area contributed by atoms with Crippen molar-refractivity contribution in [2.75, 3.05) is 6.54 Å². The number of halogens is 3. The fourth-order valence-corrected chi connectivity index (χ4v) is 5.33. The first-order chi connectivity index (χ1) is 16.2. The van der Waals surface area contributed by atoms with Crippen molar-refractivity contribution in [1.29, 1.82) is 0 Å². The first kappa shape index (κ1) is 23.7. The molecule has 0 saturated heterocycles. The van der Waals surface area contributed by atoms with Crippen LogP contribution in [0, 0.1) is 0 Å². The number of nitrogens with zero attached hydrogens (tertiary/aromatic N) is 3. The molecule has 0 atom stereocenters. The molecule has 0 amide bonds. The second-order valence-electron chi connectivity index (χ2n) is 7.74. The van der Waals surface area contributed by atoms with Crippen molar-refractivity contribution in [3.05, 3.63) is 109 Å². The minimum absolute atomic E-state index is 0.0174. The van der Waals surface area contributed by atoms with Crippen LogP contribution in [-0.2, 0) is 29.3 Å². The van der Waals surface area contributed by atoms with Crippen LogP contribution >= 0.6 is 0 Å². The molecule has 2 heterocycles. The number of hydrogen-bond donors (Lipinski definition) is 0. The molecule has 4 rings (SSSR count). The van der Waals surface area contributed by atoms with E-state index in [1.165, 1.54) is 22.5 Å². The number of pyridine rings is 1. The fourth-order valence-electron chi connectivity index (χ4n) is 3.79. The van der Waals surface area contributed by atoms with Crippen molar-refractivity contribution in [2.24, 2.45) is 0 Å². The molecular weight excluding hydrogens is 463 g/mol. The molecule has 0 bridgehead atoms. The number of aromatic nitrogens is 2. The van der Waals surface area contributed by atoms with Crippen LogP contribution in [0.1, 0.15) is 16.8 Å². The minimum atomic E-state index is -4.43. The number of alkyl halides is 3. The third-order valence-corrected chi connectivity index (χ3v) is 7.26. The maximum atomic E-state index is 13.6. The van der Waals surface area contributed by atoms with Crippen LogP contribution in [0.2, 0.25) is 0 Å². The molecule has 0 N–H and O–H groups in total. The molecule has 176 valence electrons. The Morgan fingerprint density at radius 1 is 1.03 bits per heavy atom. The summed E-state index contributed by atoms with van der Waals surface area (Å²) in [4.78, 5) is 4.35. The van der Waals surface area contributed by atoms with Crippen molar-refractivity contribution < 1.29 is 21.6 Å². The molecule has 34 heavy (non-hydrogen) atoms. The van der Waals surface area contributed by atoms with Gasteiger partial charge in [-0.3, -0.25) is 4.98 Å². The lowest BCUT2D eigenvalue weighted by molar-refractivity contribution is -0.137. The van der Waals surface area contributed by atoms with Crippen LogP contribution in [0.5, 0.6) is 0 Å². The number of sulfonamides is 1. The molecule has 4 aromatic rings. The lowest BCUT2D eigenvalue weighted by Crippen LogP contribution is -2.32. The SMILES string of the molecule is C=CCN(Cc1cccn1Cc1cccc(C(F)(F)F)c1)S(=O)(=O)c1cccc2cccnc12. The molecular formula is C25H22F3N3O2S. The van der Waals surface area contributed by atoms with E-state index in [4.69, 9.17) is 0 Å². The molecule has 2 aromatic carbocycles. The molecule has 2 aromatic heterocycles. The Kier molecular flexibility index (Phi) is 6.58. The zero-order valence-electron chi connectivity index (χ0n) is 18.1. The zero-order chi connectivity index (χ0) is 24.3. The van der Waals surface area contributed by atoms with E-state index in [1.54, 1.807) is 59.4 Å². The fraction of sp³-hybridized carbons (Fsp3) is 0.160. The van der Waals surface area contributed by atoms with Crippen molar-refractivity contribution >= 4 is 20.9 Å². The van der Waals surface area contributed by atoms with Gasteiger partial charge in [-0.1, -0.05) is 36.4 Å². The monoisotopic (exact) mass is 485 g/mol. The summed E-state index contributed by atoms with van der Waals surface area (Å²) in [5.74, 6) is 0. The van der Waals surface area contributed by atoms with Gasteiger partial charge in [-0.25, -0.2) is 8.42 Å². The van der Waals surface area contributed by atoms with Crippen LogP contribution in [0.4, 0.5) is 13.2 Å². The summed E-state index contributed by atoms with van der Waals surface area (Å²) in [6.45, 7) is 3.93. The highest BCUT2D eigenvalue weighted by Crippen LogP contribution is 2.30. The molecule has 5 nitrogen and oxygen atoms in total. The molecule has 0 unspecified atom stereocenters. The molecule has 0 saturated carbocycles.